The molecule has 0 aliphatic carbocycles. The second kappa shape index (κ2) is 12.1. The van der Waals surface area contributed by atoms with Crippen LogP contribution in [0.5, 0.6) is 11.5 Å². The van der Waals surface area contributed by atoms with Crippen LogP contribution in [-0.4, -0.2) is 48.7 Å². The minimum atomic E-state index is -0.508. The first-order valence-electron chi connectivity index (χ1n) is 9.85. The Bertz CT molecular complexity index is 811. The first-order chi connectivity index (χ1) is 14.4. The molecule has 9 heteroatoms. The number of phenols is 1. The van der Waals surface area contributed by atoms with Crippen LogP contribution in [0.3, 0.4) is 0 Å². The molecule has 0 saturated carbocycles. The highest BCUT2D eigenvalue weighted by Crippen LogP contribution is 2.42. The number of carbonyl (C=O) groups is 2. The summed E-state index contributed by atoms with van der Waals surface area (Å²) < 4.78 is 10.6. The summed E-state index contributed by atoms with van der Waals surface area (Å²) in [5, 5.41) is 13.6. The summed E-state index contributed by atoms with van der Waals surface area (Å²) in [6, 6.07) is 0. The topological polar surface area (TPSA) is 111 Å². The second-order valence-electron chi connectivity index (χ2n) is 6.95. The van der Waals surface area contributed by atoms with Gasteiger partial charge in [-0.25, -0.2) is 4.79 Å². The van der Waals surface area contributed by atoms with Crippen LogP contribution in [0.4, 0.5) is 0 Å². The smallest absolute Gasteiger partial charge is 0.342 e. The zero-order valence-electron chi connectivity index (χ0n) is 17.7. The summed E-state index contributed by atoms with van der Waals surface area (Å²) in [7, 11) is 4.96. The van der Waals surface area contributed by atoms with Gasteiger partial charge in [0.1, 0.15) is 23.7 Å². The molecule has 2 rings (SSSR count). The number of ether oxygens (including phenoxy) is 2. The van der Waals surface area contributed by atoms with E-state index in [-0.39, 0.29) is 23.8 Å². The molecule has 0 saturated heterocycles. The number of methoxy groups -OCH3 is 1. The van der Waals surface area contributed by atoms with Gasteiger partial charge in [-0.2, -0.15) is 0 Å². The lowest BCUT2D eigenvalue weighted by molar-refractivity contribution is -0.120. The van der Waals surface area contributed by atoms with E-state index in [4.69, 9.17) is 15.2 Å². The van der Waals surface area contributed by atoms with Crippen molar-refractivity contribution in [1.29, 1.82) is 0 Å². The van der Waals surface area contributed by atoms with Gasteiger partial charge < -0.3 is 25.6 Å². The van der Waals surface area contributed by atoms with Crippen LogP contribution in [0, 0.1) is 6.92 Å². The van der Waals surface area contributed by atoms with Gasteiger partial charge in [0.2, 0.25) is 5.91 Å². The minimum absolute atomic E-state index is 0.0173. The third-order valence-corrected chi connectivity index (χ3v) is 7.28. The number of nitrogens with two attached hydrogens (primary N) is 1. The number of hydrogen-bond donors (Lipinski definition) is 3. The van der Waals surface area contributed by atoms with Gasteiger partial charge in [0.25, 0.3) is 0 Å². The van der Waals surface area contributed by atoms with Gasteiger partial charge in [-0.1, -0.05) is 33.2 Å². The highest BCUT2D eigenvalue weighted by Gasteiger charge is 2.31. The first kappa shape index (κ1) is 24.4. The standard InChI is InChI=1S/C21H30N2O5S2/c1-13(5-7-17(24)23-9-11-30-29-10-8-22)4-6-15-19(25)18-16(12-28-21(18)26)14(2)20(15)27-3/h4,25H,5-12,22H2,1-3H3,(H,23,24)/b13-4+. The van der Waals surface area contributed by atoms with Crippen molar-refractivity contribution in [3.63, 3.8) is 0 Å². The maximum Gasteiger partial charge on any atom is 0.342 e. The molecule has 4 N–H and O–H groups in total. The number of phenolic OH excluding ortho intramolecular Hbond substituents is 1. The zero-order valence-corrected chi connectivity index (χ0v) is 19.3. The number of benzene rings is 1. The van der Waals surface area contributed by atoms with Gasteiger partial charge >= 0.3 is 5.97 Å². The van der Waals surface area contributed by atoms with E-state index >= 15 is 0 Å². The summed E-state index contributed by atoms with van der Waals surface area (Å²) in [5.41, 5.74) is 8.73. The second-order valence-corrected chi connectivity index (χ2v) is 9.65. The summed E-state index contributed by atoms with van der Waals surface area (Å²) in [5.74, 6) is 1.76. The number of esters is 1. The van der Waals surface area contributed by atoms with E-state index < -0.39 is 5.97 Å². The summed E-state index contributed by atoms with van der Waals surface area (Å²) >= 11 is 0. The molecule has 1 aromatic rings. The number of nitrogens with one attached hydrogen (secondary N) is 1. The molecule has 1 amide bonds. The number of hydrogen-bond acceptors (Lipinski definition) is 8. The van der Waals surface area contributed by atoms with Crippen LogP contribution in [0.15, 0.2) is 11.6 Å². The van der Waals surface area contributed by atoms with Crippen LogP contribution >= 0.6 is 21.6 Å². The largest absolute Gasteiger partial charge is 0.507 e. The van der Waals surface area contributed by atoms with Crippen LogP contribution < -0.4 is 15.8 Å². The summed E-state index contributed by atoms with van der Waals surface area (Å²) in [4.78, 5) is 24.0. The van der Waals surface area contributed by atoms with Crippen molar-refractivity contribution < 1.29 is 24.2 Å². The Morgan fingerprint density at radius 3 is 2.77 bits per heavy atom. The van der Waals surface area contributed by atoms with Crippen LogP contribution in [0.2, 0.25) is 0 Å². The molecular formula is C21H30N2O5S2. The first-order valence-corrected chi connectivity index (χ1v) is 12.3. The van der Waals surface area contributed by atoms with E-state index in [2.05, 4.69) is 5.32 Å². The van der Waals surface area contributed by atoms with Crippen LogP contribution in [0.25, 0.3) is 0 Å². The fraction of sp³-hybridized carbons (Fsp3) is 0.524. The summed E-state index contributed by atoms with van der Waals surface area (Å²) in [6.45, 7) is 5.26. The number of amides is 1. The number of carbonyl (C=O) groups excluding carboxylic acids is 2. The van der Waals surface area contributed by atoms with E-state index in [1.807, 2.05) is 19.9 Å². The Balaban J connectivity index is 1.91. The van der Waals surface area contributed by atoms with E-state index in [1.165, 1.54) is 0 Å². The molecule has 0 atom stereocenters. The lowest BCUT2D eigenvalue weighted by Crippen LogP contribution is -2.25. The Morgan fingerprint density at radius 2 is 2.07 bits per heavy atom. The molecule has 1 aliphatic rings. The van der Waals surface area contributed by atoms with Crippen LogP contribution in [0.1, 0.15) is 46.8 Å². The molecule has 0 spiro atoms. The van der Waals surface area contributed by atoms with Gasteiger partial charge in [-0.15, -0.1) is 0 Å². The van der Waals surface area contributed by atoms with Gasteiger partial charge in [0, 0.05) is 42.1 Å². The summed E-state index contributed by atoms with van der Waals surface area (Å²) in [6.07, 6.45) is 3.38. The lowest BCUT2D eigenvalue weighted by Gasteiger charge is -2.15. The molecular weight excluding hydrogens is 424 g/mol. The van der Waals surface area contributed by atoms with E-state index in [0.29, 0.717) is 49.2 Å². The Morgan fingerprint density at radius 1 is 1.33 bits per heavy atom. The maximum atomic E-state index is 12.0. The molecule has 0 radical (unpaired) electrons. The molecule has 1 aromatic carbocycles. The highest BCUT2D eigenvalue weighted by atomic mass is 33.1. The monoisotopic (exact) mass is 454 g/mol. The minimum Gasteiger partial charge on any atom is -0.507 e. The van der Waals surface area contributed by atoms with Crippen molar-refractivity contribution in [1.82, 2.24) is 5.32 Å². The third-order valence-electron chi connectivity index (χ3n) is 4.84. The molecule has 0 fully saturated rings. The molecule has 1 heterocycles. The van der Waals surface area contributed by atoms with Crippen molar-refractivity contribution >= 4 is 33.5 Å². The van der Waals surface area contributed by atoms with Crippen molar-refractivity contribution in [2.45, 2.75) is 39.7 Å². The number of fused-ring (bicyclic) bond motifs is 1. The number of rotatable bonds is 12. The van der Waals surface area contributed by atoms with Gasteiger partial charge in [0.15, 0.2) is 0 Å². The Labute approximate surface area is 185 Å². The lowest BCUT2D eigenvalue weighted by atomic mass is 9.94. The molecule has 30 heavy (non-hydrogen) atoms. The van der Waals surface area contributed by atoms with Crippen LogP contribution in [-0.2, 0) is 22.6 Å². The zero-order chi connectivity index (χ0) is 22.1. The van der Waals surface area contributed by atoms with Crippen molar-refractivity contribution in [3.8, 4) is 11.5 Å². The molecule has 0 unspecified atom stereocenters. The average molecular weight is 455 g/mol. The molecule has 166 valence electrons. The van der Waals surface area contributed by atoms with Gasteiger partial charge in [0.05, 0.1) is 7.11 Å². The molecule has 1 aliphatic heterocycles. The molecule has 0 aromatic heterocycles. The number of aromatic hydroxyl groups is 1. The third kappa shape index (κ3) is 6.33. The van der Waals surface area contributed by atoms with E-state index in [1.54, 1.807) is 28.7 Å². The molecule has 0 bridgehead atoms. The number of allylic oxidation sites excluding steroid dienone is 2. The van der Waals surface area contributed by atoms with Crippen molar-refractivity contribution in [2.75, 3.05) is 31.7 Å². The van der Waals surface area contributed by atoms with Gasteiger partial charge in [-0.05, 0) is 32.3 Å². The van der Waals surface area contributed by atoms with E-state index in [9.17, 15) is 14.7 Å². The quantitative estimate of drug-likeness (QED) is 0.191. The van der Waals surface area contributed by atoms with Crippen molar-refractivity contribution in [2.24, 2.45) is 5.73 Å². The molecule has 7 nitrogen and oxygen atoms in total. The highest BCUT2D eigenvalue weighted by molar-refractivity contribution is 8.76. The number of cyclic esters (lactones) is 1. The van der Waals surface area contributed by atoms with Crippen molar-refractivity contribution in [3.05, 3.63) is 33.9 Å². The maximum absolute atomic E-state index is 12.0. The van der Waals surface area contributed by atoms with E-state index in [0.717, 1.165) is 22.6 Å². The predicted molar refractivity (Wildman–Crippen MR) is 122 cm³/mol. The Kier molecular flexibility index (Phi) is 9.87. The fourth-order valence-corrected chi connectivity index (χ4v) is 4.97. The van der Waals surface area contributed by atoms with Gasteiger partial charge in [-0.3, -0.25) is 4.79 Å². The fourth-order valence-electron chi connectivity index (χ4n) is 3.20. The normalized spacial score (nSPS) is 13.2. The SMILES string of the molecule is COc1c(C)c2c(c(O)c1C/C=C(\C)CCC(=O)NCCSSCCN)C(=O)OC2. The average Bonchev–Trinajstić information content (AvgIpc) is 3.12. The Hall–Kier alpha value is -1.84. The predicted octanol–water partition coefficient (Wildman–Crippen LogP) is 3.10.